The molecule has 2 aromatic rings. The zero-order valence-corrected chi connectivity index (χ0v) is 23.6. The Hall–Kier alpha value is -3.47. The maximum atomic E-state index is 13.4. The van der Waals surface area contributed by atoms with E-state index >= 15 is 0 Å². The molecule has 0 aliphatic carbocycles. The van der Waals surface area contributed by atoms with Crippen LogP contribution in [-0.4, -0.2) is 63.4 Å². The van der Waals surface area contributed by atoms with Crippen LogP contribution in [0, 0.1) is 0 Å². The first-order valence-corrected chi connectivity index (χ1v) is 14.2. The second kappa shape index (κ2) is 11.9. The third kappa shape index (κ3) is 7.77. The number of hydrogen-bond acceptors (Lipinski definition) is 7. The van der Waals surface area contributed by atoms with Crippen molar-refractivity contribution >= 4 is 27.5 Å². The van der Waals surface area contributed by atoms with Crippen molar-refractivity contribution in [3.8, 4) is 17.2 Å². The highest BCUT2D eigenvalue weighted by atomic mass is 32.2. The van der Waals surface area contributed by atoms with Crippen LogP contribution >= 0.6 is 0 Å². The van der Waals surface area contributed by atoms with E-state index in [4.69, 9.17) is 14.2 Å². The second-order valence-corrected chi connectivity index (χ2v) is 12.2. The molecule has 1 aliphatic rings. The molecule has 0 saturated carbocycles. The molecule has 0 fully saturated rings. The molecule has 38 heavy (non-hydrogen) atoms. The van der Waals surface area contributed by atoms with E-state index < -0.39 is 21.6 Å². The van der Waals surface area contributed by atoms with Crippen molar-refractivity contribution in [1.82, 2.24) is 10.2 Å². The van der Waals surface area contributed by atoms with Gasteiger partial charge in [-0.1, -0.05) is 12.1 Å². The molecule has 10 nitrogen and oxygen atoms in total. The van der Waals surface area contributed by atoms with Gasteiger partial charge in [0.2, 0.25) is 28.6 Å². The quantitative estimate of drug-likeness (QED) is 0.459. The molecule has 2 aromatic carbocycles. The fourth-order valence-electron chi connectivity index (χ4n) is 4.07. The SMILES string of the molecule is COc1cccc(CN(C(=O)CCCN(c2ccc3c(c2)OCO3)S(C)(=O)=O)[C@@H](C)C(=O)NC(C)(C)C)c1. The molecule has 11 heteroatoms. The minimum atomic E-state index is -3.63. The van der Waals surface area contributed by atoms with Crippen LogP contribution in [-0.2, 0) is 26.2 Å². The van der Waals surface area contributed by atoms with E-state index in [1.165, 1.54) is 9.21 Å². The average Bonchev–Trinajstić information content (AvgIpc) is 3.31. The van der Waals surface area contributed by atoms with Crippen molar-refractivity contribution in [2.75, 3.05) is 31.0 Å². The van der Waals surface area contributed by atoms with E-state index in [1.807, 2.05) is 39.0 Å². The molecule has 0 saturated heterocycles. The summed E-state index contributed by atoms with van der Waals surface area (Å²) in [5, 5.41) is 2.93. The minimum Gasteiger partial charge on any atom is -0.497 e. The van der Waals surface area contributed by atoms with Crippen molar-refractivity contribution < 1.29 is 32.2 Å². The van der Waals surface area contributed by atoms with Crippen LogP contribution in [0.1, 0.15) is 46.1 Å². The first kappa shape index (κ1) is 29.1. The van der Waals surface area contributed by atoms with E-state index in [0.717, 1.165) is 11.8 Å². The maximum absolute atomic E-state index is 13.4. The first-order chi connectivity index (χ1) is 17.8. The predicted octanol–water partition coefficient (Wildman–Crippen LogP) is 3.30. The lowest BCUT2D eigenvalue weighted by Gasteiger charge is -2.32. The summed E-state index contributed by atoms with van der Waals surface area (Å²) in [5.74, 6) is 1.13. The van der Waals surface area contributed by atoms with Gasteiger partial charge >= 0.3 is 0 Å². The number of carbonyl (C=O) groups excluding carboxylic acids is 2. The second-order valence-electron chi connectivity index (χ2n) is 10.3. The molecule has 1 aliphatic heterocycles. The molecule has 0 aromatic heterocycles. The largest absolute Gasteiger partial charge is 0.497 e. The van der Waals surface area contributed by atoms with Gasteiger partial charge in [0.25, 0.3) is 0 Å². The van der Waals surface area contributed by atoms with Crippen LogP contribution < -0.4 is 23.8 Å². The molecule has 0 bridgehead atoms. The third-order valence-corrected chi connectivity index (χ3v) is 7.14. The monoisotopic (exact) mass is 547 g/mol. The fraction of sp³-hybridized carbons (Fsp3) is 0.481. The van der Waals surface area contributed by atoms with Gasteiger partial charge in [-0.2, -0.15) is 0 Å². The molecule has 3 rings (SSSR count). The number of amides is 2. The maximum Gasteiger partial charge on any atom is 0.242 e. The minimum absolute atomic E-state index is 0.0493. The number of nitrogens with zero attached hydrogens (tertiary/aromatic N) is 2. The van der Waals surface area contributed by atoms with Gasteiger partial charge in [0.1, 0.15) is 11.8 Å². The number of ether oxygens (including phenoxy) is 3. The van der Waals surface area contributed by atoms with Crippen LogP contribution in [0.25, 0.3) is 0 Å². The summed E-state index contributed by atoms with van der Waals surface area (Å²) in [6.07, 6.45) is 1.42. The Bertz CT molecular complexity index is 1260. The summed E-state index contributed by atoms with van der Waals surface area (Å²) in [7, 11) is -2.06. The van der Waals surface area contributed by atoms with Crippen LogP contribution in [0.5, 0.6) is 17.2 Å². The summed E-state index contributed by atoms with van der Waals surface area (Å²) in [6.45, 7) is 7.68. The van der Waals surface area contributed by atoms with Crippen molar-refractivity contribution in [3.05, 3.63) is 48.0 Å². The lowest BCUT2D eigenvalue weighted by Crippen LogP contribution is -2.52. The predicted molar refractivity (Wildman–Crippen MR) is 145 cm³/mol. The lowest BCUT2D eigenvalue weighted by molar-refractivity contribution is -0.141. The Balaban J connectivity index is 1.76. The van der Waals surface area contributed by atoms with Gasteiger partial charge in [-0.25, -0.2) is 8.42 Å². The topological polar surface area (TPSA) is 114 Å². The van der Waals surface area contributed by atoms with E-state index in [-0.39, 0.29) is 44.5 Å². The number of nitrogens with one attached hydrogen (secondary N) is 1. The highest BCUT2D eigenvalue weighted by Gasteiger charge is 2.29. The molecule has 0 unspecified atom stereocenters. The number of methoxy groups -OCH3 is 1. The Labute approximate surface area is 224 Å². The molecule has 0 radical (unpaired) electrons. The van der Waals surface area contributed by atoms with Gasteiger partial charge in [-0.05, 0) is 63.9 Å². The molecule has 1 atom stereocenters. The van der Waals surface area contributed by atoms with Crippen molar-refractivity contribution in [1.29, 1.82) is 0 Å². The van der Waals surface area contributed by atoms with Crippen LogP contribution in [0.15, 0.2) is 42.5 Å². The van der Waals surface area contributed by atoms with Crippen molar-refractivity contribution in [2.24, 2.45) is 0 Å². The molecule has 0 spiro atoms. The zero-order chi connectivity index (χ0) is 28.1. The summed E-state index contributed by atoms with van der Waals surface area (Å²) in [6, 6.07) is 11.5. The normalized spacial score (nSPS) is 13.5. The summed E-state index contributed by atoms with van der Waals surface area (Å²) in [4.78, 5) is 27.9. The van der Waals surface area contributed by atoms with Crippen molar-refractivity contribution in [2.45, 2.75) is 58.7 Å². The number of carbonyl (C=O) groups is 2. The molecule has 1 heterocycles. The van der Waals surface area contributed by atoms with E-state index in [1.54, 1.807) is 38.3 Å². The van der Waals surface area contributed by atoms with E-state index in [2.05, 4.69) is 5.32 Å². The Morgan fingerprint density at radius 3 is 2.47 bits per heavy atom. The van der Waals surface area contributed by atoms with E-state index in [0.29, 0.717) is 22.9 Å². The first-order valence-electron chi connectivity index (χ1n) is 12.4. The Morgan fingerprint density at radius 2 is 1.82 bits per heavy atom. The Morgan fingerprint density at radius 1 is 1.11 bits per heavy atom. The van der Waals surface area contributed by atoms with Crippen LogP contribution in [0.3, 0.4) is 0 Å². The summed E-state index contributed by atoms with van der Waals surface area (Å²) < 4.78 is 42.4. The molecular weight excluding hydrogens is 510 g/mol. The highest BCUT2D eigenvalue weighted by molar-refractivity contribution is 7.92. The number of sulfonamides is 1. The molecular formula is C27H37N3O7S. The van der Waals surface area contributed by atoms with Crippen LogP contribution in [0.4, 0.5) is 5.69 Å². The highest BCUT2D eigenvalue weighted by Crippen LogP contribution is 2.36. The van der Waals surface area contributed by atoms with E-state index in [9.17, 15) is 18.0 Å². The number of benzene rings is 2. The average molecular weight is 548 g/mol. The van der Waals surface area contributed by atoms with Gasteiger partial charge < -0.3 is 24.4 Å². The van der Waals surface area contributed by atoms with Crippen LogP contribution in [0.2, 0.25) is 0 Å². The van der Waals surface area contributed by atoms with Gasteiger partial charge in [0.05, 0.1) is 19.1 Å². The summed E-state index contributed by atoms with van der Waals surface area (Å²) in [5.41, 5.74) is 0.776. The van der Waals surface area contributed by atoms with Gasteiger partial charge in [-0.3, -0.25) is 13.9 Å². The third-order valence-electron chi connectivity index (χ3n) is 5.95. The number of hydrogen-bond donors (Lipinski definition) is 1. The molecule has 208 valence electrons. The lowest BCUT2D eigenvalue weighted by atomic mass is 10.1. The van der Waals surface area contributed by atoms with Gasteiger partial charge in [-0.15, -0.1) is 0 Å². The zero-order valence-electron chi connectivity index (χ0n) is 22.8. The molecule has 2 amide bonds. The van der Waals surface area contributed by atoms with Crippen molar-refractivity contribution in [3.63, 3.8) is 0 Å². The number of anilines is 1. The number of rotatable bonds is 11. The standard InChI is InChI=1S/C27H37N3O7S/c1-19(26(32)28-27(2,3)4)29(17-20-9-7-10-22(15-20)35-5)25(31)11-8-14-30(38(6,33)34)21-12-13-23-24(16-21)37-18-36-23/h7,9-10,12-13,15-16,19H,8,11,14,17-18H2,1-6H3,(H,28,32)/t19-/m0/s1. The van der Waals surface area contributed by atoms with Gasteiger partial charge in [0, 0.05) is 31.1 Å². The Kier molecular flexibility index (Phi) is 9.14. The molecule has 1 N–H and O–H groups in total. The fourth-order valence-corrected chi connectivity index (χ4v) is 5.03. The smallest absolute Gasteiger partial charge is 0.242 e. The summed E-state index contributed by atoms with van der Waals surface area (Å²) >= 11 is 0. The van der Waals surface area contributed by atoms with Gasteiger partial charge in [0.15, 0.2) is 11.5 Å². The number of fused-ring (bicyclic) bond motifs is 1.